The van der Waals surface area contributed by atoms with E-state index in [0.717, 1.165) is 0 Å². The van der Waals surface area contributed by atoms with Crippen LogP contribution in [0.5, 0.6) is 17.2 Å². The fourth-order valence-electron chi connectivity index (χ4n) is 4.58. The van der Waals surface area contributed by atoms with Crippen LogP contribution in [0.25, 0.3) is 10.9 Å². The Bertz CT molecular complexity index is 2000. The van der Waals surface area contributed by atoms with Gasteiger partial charge in [-0.05, 0) is 79.1 Å². The summed E-state index contributed by atoms with van der Waals surface area (Å²) in [5.41, 5.74) is 2.44. The van der Waals surface area contributed by atoms with E-state index in [1.807, 2.05) is 0 Å². The fourth-order valence-corrected chi connectivity index (χ4v) is 5.33. The van der Waals surface area contributed by atoms with Crippen molar-refractivity contribution in [3.63, 3.8) is 0 Å². The SMILES string of the molecule is COc1cc2ncnc(Nc3ccc(OCc4cccc(F)c4)c(Cl)c3)c2cc1OCCCCC(=O)Nc1ccc(S(N)(=O)=O)cc1. The van der Waals surface area contributed by atoms with Crippen molar-refractivity contribution in [1.82, 2.24) is 9.97 Å². The second kappa shape index (κ2) is 15.1. The average Bonchev–Trinajstić information content (AvgIpc) is 3.04. The Labute approximate surface area is 275 Å². The number of nitrogens with one attached hydrogen (secondary N) is 2. The van der Waals surface area contributed by atoms with Crippen LogP contribution in [0.3, 0.4) is 0 Å². The summed E-state index contributed by atoms with van der Waals surface area (Å²) in [7, 11) is -2.27. The Balaban J connectivity index is 1.18. The topological polar surface area (TPSA) is 155 Å². The van der Waals surface area contributed by atoms with Gasteiger partial charge in [0.15, 0.2) is 11.5 Å². The molecule has 5 rings (SSSR count). The van der Waals surface area contributed by atoms with Crippen LogP contribution >= 0.6 is 11.6 Å². The van der Waals surface area contributed by atoms with E-state index in [1.54, 1.807) is 42.5 Å². The van der Waals surface area contributed by atoms with E-state index < -0.39 is 10.0 Å². The molecule has 0 fully saturated rings. The van der Waals surface area contributed by atoms with Gasteiger partial charge in [0.1, 0.15) is 30.3 Å². The molecule has 0 bridgehead atoms. The second-order valence-corrected chi connectivity index (χ2v) is 12.3. The molecule has 5 aromatic rings. The van der Waals surface area contributed by atoms with Gasteiger partial charge in [0.05, 0.1) is 29.2 Å². The van der Waals surface area contributed by atoms with Crippen molar-refractivity contribution >= 4 is 55.6 Å². The summed E-state index contributed by atoms with van der Waals surface area (Å²) in [5, 5.41) is 12.1. The number of carbonyl (C=O) groups is 1. The largest absolute Gasteiger partial charge is 0.493 e. The number of aromatic nitrogens is 2. The highest BCUT2D eigenvalue weighted by Gasteiger charge is 2.14. The van der Waals surface area contributed by atoms with Crippen LogP contribution in [-0.2, 0) is 21.4 Å². The number of ether oxygens (including phenoxy) is 3. The summed E-state index contributed by atoms with van der Waals surface area (Å²) in [5.74, 6) is 1.39. The van der Waals surface area contributed by atoms with E-state index >= 15 is 0 Å². The number of sulfonamides is 1. The van der Waals surface area contributed by atoms with E-state index in [1.165, 1.54) is 49.8 Å². The van der Waals surface area contributed by atoms with Gasteiger partial charge in [-0.25, -0.2) is 27.9 Å². The molecule has 47 heavy (non-hydrogen) atoms. The molecule has 0 aliphatic heterocycles. The van der Waals surface area contributed by atoms with Crippen LogP contribution in [0.1, 0.15) is 24.8 Å². The quantitative estimate of drug-likeness (QED) is 0.110. The molecule has 0 saturated heterocycles. The molecule has 1 heterocycles. The smallest absolute Gasteiger partial charge is 0.238 e. The summed E-state index contributed by atoms with van der Waals surface area (Å²) in [4.78, 5) is 21.1. The van der Waals surface area contributed by atoms with Gasteiger partial charge in [-0.15, -0.1) is 0 Å². The number of nitrogens with two attached hydrogens (primary N) is 1. The van der Waals surface area contributed by atoms with E-state index in [2.05, 4.69) is 20.6 Å². The fraction of sp³-hybridized carbons (Fsp3) is 0.182. The minimum Gasteiger partial charge on any atom is -0.493 e. The number of carbonyl (C=O) groups excluding carboxylic acids is 1. The lowest BCUT2D eigenvalue weighted by Crippen LogP contribution is -2.13. The monoisotopic (exact) mass is 679 g/mol. The first-order valence-corrected chi connectivity index (χ1v) is 16.3. The molecule has 14 heteroatoms. The zero-order valence-electron chi connectivity index (χ0n) is 25.2. The molecule has 1 aromatic heterocycles. The predicted molar refractivity (Wildman–Crippen MR) is 177 cm³/mol. The van der Waals surface area contributed by atoms with Gasteiger partial charge in [0.2, 0.25) is 15.9 Å². The number of unbranched alkanes of at least 4 members (excludes halogenated alkanes) is 1. The Morgan fingerprint density at radius 3 is 2.43 bits per heavy atom. The number of fused-ring (bicyclic) bond motifs is 1. The molecule has 244 valence electrons. The number of methoxy groups -OCH3 is 1. The third-order valence-electron chi connectivity index (χ3n) is 6.92. The molecule has 0 atom stereocenters. The molecule has 0 unspecified atom stereocenters. The number of benzene rings is 4. The molecule has 0 spiro atoms. The van der Waals surface area contributed by atoms with Crippen molar-refractivity contribution in [3.8, 4) is 17.2 Å². The molecule has 4 N–H and O–H groups in total. The minimum absolute atomic E-state index is 0.0324. The van der Waals surface area contributed by atoms with Gasteiger partial charge in [-0.3, -0.25) is 4.79 Å². The van der Waals surface area contributed by atoms with Gasteiger partial charge >= 0.3 is 0 Å². The highest BCUT2D eigenvalue weighted by molar-refractivity contribution is 7.89. The van der Waals surface area contributed by atoms with Crippen molar-refractivity contribution in [2.24, 2.45) is 5.14 Å². The highest BCUT2D eigenvalue weighted by Crippen LogP contribution is 2.36. The highest BCUT2D eigenvalue weighted by atomic mass is 35.5. The molecule has 1 amide bonds. The summed E-state index contributed by atoms with van der Waals surface area (Å²) in [6.45, 7) is 0.486. The number of primary sulfonamides is 1. The number of hydrogen-bond donors (Lipinski definition) is 3. The summed E-state index contributed by atoms with van der Waals surface area (Å²) in [6.07, 6.45) is 2.81. The van der Waals surface area contributed by atoms with E-state index in [4.69, 9.17) is 31.0 Å². The summed E-state index contributed by atoms with van der Waals surface area (Å²) in [6, 6.07) is 20.5. The lowest BCUT2D eigenvalue weighted by atomic mass is 10.2. The first kappa shape index (κ1) is 33.4. The summed E-state index contributed by atoms with van der Waals surface area (Å²) >= 11 is 6.48. The molecule has 4 aromatic carbocycles. The zero-order valence-corrected chi connectivity index (χ0v) is 26.8. The first-order chi connectivity index (χ1) is 22.6. The van der Waals surface area contributed by atoms with Gasteiger partial charge in [0, 0.05) is 29.2 Å². The first-order valence-electron chi connectivity index (χ1n) is 14.4. The Morgan fingerprint density at radius 2 is 1.70 bits per heavy atom. The second-order valence-electron chi connectivity index (χ2n) is 10.4. The van der Waals surface area contributed by atoms with Crippen molar-refractivity contribution in [1.29, 1.82) is 0 Å². The van der Waals surface area contributed by atoms with Gasteiger partial charge in [0.25, 0.3) is 0 Å². The van der Waals surface area contributed by atoms with Crippen molar-refractivity contribution in [3.05, 3.63) is 102 Å². The Hall–Kier alpha value is -4.98. The van der Waals surface area contributed by atoms with Crippen LogP contribution in [0.4, 0.5) is 21.6 Å². The normalized spacial score (nSPS) is 11.2. The third kappa shape index (κ3) is 9.06. The van der Waals surface area contributed by atoms with Gasteiger partial charge in [-0.1, -0.05) is 23.7 Å². The molecular formula is C33H31ClFN5O6S. The number of anilines is 3. The molecule has 0 aliphatic rings. The zero-order chi connectivity index (χ0) is 33.4. The third-order valence-corrected chi connectivity index (χ3v) is 8.15. The van der Waals surface area contributed by atoms with Gasteiger partial charge < -0.3 is 24.8 Å². The van der Waals surface area contributed by atoms with Crippen molar-refractivity contribution < 1.29 is 31.8 Å². The lowest BCUT2D eigenvalue weighted by Gasteiger charge is -2.14. The van der Waals surface area contributed by atoms with Crippen LogP contribution in [0.15, 0.2) is 90.1 Å². The average molecular weight is 680 g/mol. The van der Waals surface area contributed by atoms with E-state index in [-0.39, 0.29) is 29.6 Å². The molecular weight excluding hydrogens is 649 g/mol. The van der Waals surface area contributed by atoms with Crippen LogP contribution in [0, 0.1) is 5.82 Å². The maximum atomic E-state index is 13.5. The predicted octanol–water partition coefficient (Wildman–Crippen LogP) is 6.59. The minimum atomic E-state index is -3.80. The molecule has 0 aliphatic carbocycles. The van der Waals surface area contributed by atoms with Crippen molar-refractivity contribution in [2.75, 3.05) is 24.4 Å². The van der Waals surface area contributed by atoms with E-state index in [9.17, 15) is 17.6 Å². The molecule has 11 nitrogen and oxygen atoms in total. The standard InChI is InChI=1S/C33H31ClFN5O6S/c1-44-30-18-28-26(17-31(30)45-14-3-2-7-32(41)39-23-8-11-25(12-9-23)47(36,42)43)33(38-20-37-28)40-24-10-13-29(27(34)16-24)46-19-21-5-4-6-22(35)15-21/h4-6,8-13,15-18,20H,2-3,7,14,19H2,1H3,(H,39,41)(H2,36,42,43)(H,37,38,40). The summed E-state index contributed by atoms with van der Waals surface area (Å²) < 4.78 is 53.6. The van der Waals surface area contributed by atoms with E-state index in [0.29, 0.717) is 75.4 Å². The molecule has 0 saturated carbocycles. The van der Waals surface area contributed by atoms with Crippen LogP contribution < -0.4 is 30.0 Å². The Morgan fingerprint density at radius 1 is 0.915 bits per heavy atom. The lowest BCUT2D eigenvalue weighted by molar-refractivity contribution is -0.116. The van der Waals surface area contributed by atoms with Crippen LogP contribution in [0.2, 0.25) is 5.02 Å². The number of halogens is 2. The number of nitrogens with zero attached hydrogens (tertiary/aromatic N) is 2. The Kier molecular flexibility index (Phi) is 10.7. The maximum absolute atomic E-state index is 13.5. The maximum Gasteiger partial charge on any atom is 0.238 e. The number of rotatable bonds is 14. The van der Waals surface area contributed by atoms with Gasteiger partial charge in [-0.2, -0.15) is 0 Å². The molecule has 0 radical (unpaired) electrons. The van der Waals surface area contributed by atoms with Crippen LogP contribution in [-0.4, -0.2) is 38.0 Å². The van der Waals surface area contributed by atoms with Crippen molar-refractivity contribution in [2.45, 2.75) is 30.8 Å². The number of amides is 1. The number of hydrogen-bond acceptors (Lipinski definition) is 9.